The largest absolute Gasteiger partial charge is 0.327 e. The number of hydrogen-bond donors (Lipinski definition) is 1. The Kier molecular flexibility index (Phi) is 5.79. The highest BCUT2D eigenvalue weighted by Crippen LogP contribution is 2.37. The lowest BCUT2D eigenvalue weighted by molar-refractivity contribution is 0.721. The summed E-state index contributed by atoms with van der Waals surface area (Å²) >= 11 is 14.0. The highest BCUT2D eigenvalue weighted by atomic mass is 35.5. The molecule has 1 nitrogen and oxygen atoms in total. The van der Waals surface area contributed by atoms with E-state index in [4.69, 9.17) is 28.9 Å². The summed E-state index contributed by atoms with van der Waals surface area (Å²) < 4.78 is 0. The number of hydrogen-bond acceptors (Lipinski definition) is 2. The standard InChI is InChI=1S/C16H17Cl2NS/c1-11(19)16(14-4-2-3-5-15(14)18)20-10-12-6-8-13(17)9-7-12/h2-9,11,16H,10,19H2,1H3. The van der Waals surface area contributed by atoms with Crippen LogP contribution in [-0.2, 0) is 5.75 Å². The molecule has 2 aromatic rings. The molecule has 0 aliphatic carbocycles. The summed E-state index contributed by atoms with van der Waals surface area (Å²) in [4.78, 5) is 0. The Labute approximate surface area is 134 Å². The van der Waals surface area contributed by atoms with Gasteiger partial charge in [0.2, 0.25) is 0 Å². The lowest BCUT2D eigenvalue weighted by atomic mass is 10.1. The highest BCUT2D eigenvalue weighted by molar-refractivity contribution is 7.98. The van der Waals surface area contributed by atoms with Gasteiger partial charge in [0.1, 0.15) is 0 Å². The van der Waals surface area contributed by atoms with Gasteiger partial charge < -0.3 is 5.73 Å². The second-order valence-corrected chi connectivity index (χ2v) is 6.71. The van der Waals surface area contributed by atoms with Crippen molar-refractivity contribution in [3.8, 4) is 0 Å². The molecule has 2 unspecified atom stereocenters. The Morgan fingerprint density at radius 1 is 1.05 bits per heavy atom. The first-order valence-electron chi connectivity index (χ1n) is 6.44. The van der Waals surface area contributed by atoms with E-state index in [1.165, 1.54) is 5.56 Å². The maximum Gasteiger partial charge on any atom is 0.0463 e. The van der Waals surface area contributed by atoms with E-state index in [-0.39, 0.29) is 11.3 Å². The Morgan fingerprint density at radius 3 is 2.30 bits per heavy atom. The van der Waals surface area contributed by atoms with E-state index >= 15 is 0 Å². The fourth-order valence-electron chi connectivity index (χ4n) is 2.00. The van der Waals surface area contributed by atoms with Gasteiger partial charge in [-0.1, -0.05) is 53.5 Å². The van der Waals surface area contributed by atoms with Crippen molar-refractivity contribution in [2.45, 2.75) is 24.0 Å². The van der Waals surface area contributed by atoms with Crippen molar-refractivity contribution in [3.63, 3.8) is 0 Å². The fraction of sp³-hybridized carbons (Fsp3) is 0.250. The molecule has 0 fully saturated rings. The monoisotopic (exact) mass is 325 g/mol. The van der Waals surface area contributed by atoms with E-state index in [1.807, 2.05) is 55.5 Å². The molecule has 0 spiro atoms. The first kappa shape index (κ1) is 15.7. The third-order valence-electron chi connectivity index (χ3n) is 3.03. The van der Waals surface area contributed by atoms with Crippen LogP contribution in [0.5, 0.6) is 0 Å². The van der Waals surface area contributed by atoms with Crippen LogP contribution in [0, 0.1) is 0 Å². The van der Waals surface area contributed by atoms with Crippen LogP contribution >= 0.6 is 35.0 Å². The predicted molar refractivity (Wildman–Crippen MR) is 90.6 cm³/mol. The molecular weight excluding hydrogens is 309 g/mol. The zero-order valence-electron chi connectivity index (χ0n) is 11.2. The molecule has 2 atom stereocenters. The zero-order chi connectivity index (χ0) is 14.5. The summed E-state index contributed by atoms with van der Waals surface area (Å²) in [6, 6.07) is 15.8. The molecule has 0 saturated carbocycles. The third kappa shape index (κ3) is 4.16. The highest BCUT2D eigenvalue weighted by Gasteiger charge is 2.19. The molecule has 106 valence electrons. The Morgan fingerprint density at radius 2 is 1.70 bits per heavy atom. The number of halogens is 2. The minimum Gasteiger partial charge on any atom is -0.327 e. The average Bonchev–Trinajstić information content (AvgIpc) is 2.42. The number of rotatable bonds is 5. The number of benzene rings is 2. The van der Waals surface area contributed by atoms with Crippen molar-refractivity contribution < 1.29 is 0 Å². The molecular formula is C16H17Cl2NS. The summed E-state index contributed by atoms with van der Waals surface area (Å²) in [5, 5.41) is 1.71. The van der Waals surface area contributed by atoms with Crippen LogP contribution in [0.25, 0.3) is 0 Å². The van der Waals surface area contributed by atoms with Crippen LogP contribution < -0.4 is 5.73 Å². The molecule has 0 radical (unpaired) electrons. The molecule has 0 aliphatic rings. The molecule has 0 aliphatic heterocycles. The van der Waals surface area contributed by atoms with Gasteiger partial charge in [0.05, 0.1) is 0 Å². The lowest BCUT2D eigenvalue weighted by Gasteiger charge is -2.22. The minimum atomic E-state index is 0.0344. The first-order chi connectivity index (χ1) is 9.58. The summed E-state index contributed by atoms with van der Waals surface area (Å²) in [6.45, 7) is 2.02. The third-order valence-corrected chi connectivity index (χ3v) is 5.17. The first-order valence-corrected chi connectivity index (χ1v) is 8.24. The van der Waals surface area contributed by atoms with E-state index in [0.29, 0.717) is 0 Å². The summed E-state index contributed by atoms with van der Waals surface area (Å²) in [6.07, 6.45) is 0. The van der Waals surface area contributed by atoms with Crippen molar-refractivity contribution in [2.75, 3.05) is 0 Å². The van der Waals surface area contributed by atoms with Crippen molar-refractivity contribution in [2.24, 2.45) is 5.73 Å². The maximum atomic E-state index is 6.28. The van der Waals surface area contributed by atoms with Crippen LogP contribution in [0.3, 0.4) is 0 Å². The van der Waals surface area contributed by atoms with Gasteiger partial charge in [0.25, 0.3) is 0 Å². The molecule has 0 amide bonds. The molecule has 0 saturated heterocycles. The molecule has 0 bridgehead atoms. The average molecular weight is 326 g/mol. The molecule has 2 N–H and O–H groups in total. The summed E-state index contributed by atoms with van der Waals surface area (Å²) in [7, 11) is 0. The zero-order valence-corrected chi connectivity index (χ0v) is 13.6. The van der Waals surface area contributed by atoms with Crippen LogP contribution in [0.15, 0.2) is 48.5 Å². The van der Waals surface area contributed by atoms with Gasteiger partial charge in [-0.25, -0.2) is 0 Å². The molecule has 2 aromatic carbocycles. The van der Waals surface area contributed by atoms with Gasteiger partial charge >= 0.3 is 0 Å². The molecule has 20 heavy (non-hydrogen) atoms. The van der Waals surface area contributed by atoms with Crippen LogP contribution in [-0.4, -0.2) is 6.04 Å². The fourth-order valence-corrected chi connectivity index (χ4v) is 3.69. The van der Waals surface area contributed by atoms with Crippen LogP contribution in [0.1, 0.15) is 23.3 Å². The van der Waals surface area contributed by atoms with E-state index in [9.17, 15) is 0 Å². The molecule has 2 rings (SSSR count). The van der Waals surface area contributed by atoms with Gasteiger partial charge in [-0.2, -0.15) is 0 Å². The van der Waals surface area contributed by atoms with Crippen molar-refractivity contribution >= 4 is 35.0 Å². The second-order valence-electron chi connectivity index (χ2n) is 4.74. The van der Waals surface area contributed by atoms with Gasteiger partial charge in [0, 0.05) is 27.1 Å². The van der Waals surface area contributed by atoms with Crippen molar-refractivity contribution in [1.82, 2.24) is 0 Å². The van der Waals surface area contributed by atoms with E-state index in [0.717, 1.165) is 21.4 Å². The minimum absolute atomic E-state index is 0.0344. The van der Waals surface area contributed by atoms with Gasteiger partial charge in [-0.3, -0.25) is 0 Å². The second kappa shape index (κ2) is 7.37. The lowest BCUT2D eigenvalue weighted by Crippen LogP contribution is -2.23. The van der Waals surface area contributed by atoms with Crippen molar-refractivity contribution in [1.29, 1.82) is 0 Å². The smallest absolute Gasteiger partial charge is 0.0463 e. The number of thioether (sulfide) groups is 1. The Bertz CT molecular complexity index is 555. The van der Waals surface area contributed by atoms with Crippen LogP contribution in [0.2, 0.25) is 10.0 Å². The van der Waals surface area contributed by atoms with Crippen LogP contribution in [0.4, 0.5) is 0 Å². The van der Waals surface area contributed by atoms with Gasteiger partial charge in [-0.05, 0) is 36.2 Å². The predicted octanol–water partition coefficient (Wildman–Crippen LogP) is 5.32. The number of nitrogens with two attached hydrogens (primary N) is 1. The quantitative estimate of drug-likeness (QED) is 0.805. The van der Waals surface area contributed by atoms with E-state index in [1.54, 1.807) is 11.8 Å². The summed E-state index contributed by atoms with van der Waals surface area (Å²) in [5.41, 5.74) is 8.46. The Balaban J connectivity index is 2.11. The summed E-state index contributed by atoms with van der Waals surface area (Å²) in [5.74, 6) is 0.884. The molecule has 0 heterocycles. The molecule has 4 heteroatoms. The van der Waals surface area contributed by atoms with E-state index in [2.05, 4.69) is 0 Å². The van der Waals surface area contributed by atoms with Crippen molar-refractivity contribution in [3.05, 3.63) is 69.7 Å². The topological polar surface area (TPSA) is 26.0 Å². The van der Waals surface area contributed by atoms with Gasteiger partial charge in [-0.15, -0.1) is 11.8 Å². The SMILES string of the molecule is CC(N)C(SCc1ccc(Cl)cc1)c1ccccc1Cl. The van der Waals surface area contributed by atoms with Gasteiger partial charge in [0.15, 0.2) is 0 Å². The molecule has 0 aromatic heterocycles. The Hall–Kier alpha value is -0.670. The van der Waals surface area contributed by atoms with E-state index < -0.39 is 0 Å². The normalized spacial score (nSPS) is 14.0. The maximum absolute atomic E-state index is 6.28.